The molecule has 1 aromatic rings. The first-order valence-electron chi connectivity index (χ1n) is 6.50. The molecule has 0 aromatic heterocycles. The summed E-state index contributed by atoms with van der Waals surface area (Å²) in [7, 11) is 2.05. The van der Waals surface area contributed by atoms with Crippen LogP contribution in [-0.2, 0) is 4.74 Å². The minimum Gasteiger partial charge on any atom is -0.447 e. The van der Waals surface area contributed by atoms with Gasteiger partial charge in [0, 0.05) is 19.6 Å². The Kier molecular flexibility index (Phi) is 4.76. The molecule has 1 aliphatic heterocycles. The summed E-state index contributed by atoms with van der Waals surface area (Å²) in [6.07, 6.45) is -0.351. The first-order valence-corrected chi connectivity index (χ1v) is 6.50. The quantitative estimate of drug-likeness (QED) is 0.888. The van der Waals surface area contributed by atoms with Crippen LogP contribution in [0.25, 0.3) is 0 Å². The van der Waals surface area contributed by atoms with E-state index in [2.05, 4.69) is 4.90 Å². The highest BCUT2D eigenvalue weighted by Gasteiger charge is 2.30. The minimum absolute atomic E-state index is 0.00569. The molecule has 1 fully saturated rings. The van der Waals surface area contributed by atoms with Crippen molar-refractivity contribution in [2.75, 3.05) is 39.9 Å². The van der Waals surface area contributed by atoms with Crippen molar-refractivity contribution >= 4 is 6.09 Å². The topological polar surface area (TPSA) is 53.0 Å². The fraction of sp³-hybridized carbons (Fsp3) is 0.500. The lowest BCUT2D eigenvalue weighted by Crippen LogP contribution is -2.49. The van der Waals surface area contributed by atoms with Gasteiger partial charge in [0.05, 0.1) is 12.6 Å². The van der Waals surface area contributed by atoms with E-state index in [0.717, 1.165) is 18.7 Å². The van der Waals surface area contributed by atoms with Crippen LogP contribution in [0.15, 0.2) is 30.3 Å². The number of aliphatic hydroxyl groups excluding tert-OH is 1. The molecular weight excluding hydrogens is 244 g/mol. The molecule has 104 valence electrons. The molecule has 1 atom stereocenters. The van der Waals surface area contributed by atoms with Gasteiger partial charge in [-0.05, 0) is 12.6 Å². The van der Waals surface area contributed by atoms with E-state index in [9.17, 15) is 4.79 Å². The van der Waals surface area contributed by atoms with E-state index in [-0.39, 0.29) is 25.3 Å². The van der Waals surface area contributed by atoms with E-state index in [1.807, 2.05) is 37.4 Å². The Bertz CT molecular complexity index is 410. The maximum atomic E-state index is 12.0. The molecule has 5 heteroatoms. The third-order valence-corrected chi connectivity index (χ3v) is 3.32. The minimum atomic E-state index is -0.351. The van der Waals surface area contributed by atoms with Crippen LogP contribution in [0.3, 0.4) is 0 Å². The van der Waals surface area contributed by atoms with Crippen molar-refractivity contribution in [3.05, 3.63) is 35.9 Å². The number of carbonyl (C=O) groups is 1. The molecule has 1 heterocycles. The number of aliphatic hydroxyl groups is 1. The Morgan fingerprint density at radius 1 is 1.37 bits per heavy atom. The van der Waals surface area contributed by atoms with Crippen molar-refractivity contribution in [3.8, 4) is 0 Å². The van der Waals surface area contributed by atoms with Crippen LogP contribution in [0.4, 0.5) is 4.79 Å². The van der Waals surface area contributed by atoms with E-state index < -0.39 is 0 Å². The molecule has 1 saturated heterocycles. The number of carbonyl (C=O) groups excluding carboxylic acids is 1. The molecule has 5 nitrogen and oxygen atoms in total. The number of piperazine rings is 1. The number of hydrogen-bond acceptors (Lipinski definition) is 4. The highest BCUT2D eigenvalue weighted by atomic mass is 16.6. The molecule has 0 bridgehead atoms. The van der Waals surface area contributed by atoms with Gasteiger partial charge < -0.3 is 14.7 Å². The van der Waals surface area contributed by atoms with Crippen LogP contribution < -0.4 is 0 Å². The molecule has 0 aliphatic carbocycles. The second-order valence-electron chi connectivity index (χ2n) is 4.72. The number of hydrogen-bond donors (Lipinski definition) is 1. The Morgan fingerprint density at radius 2 is 2.11 bits per heavy atom. The average Bonchev–Trinajstić information content (AvgIpc) is 2.45. The van der Waals surface area contributed by atoms with Crippen LogP contribution in [0.1, 0.15) is 11.6 Å². The lowest BCUT2D eigenvalue weighted by atomic mass is 10.0. The summed E-state index contributed by atoms with van der Waals surface area (Å²) in [5.74, 6) is 0. The maximum absolute atomic E-state index is 12.0. The van der Waals surface area contributed by atoms with E-state index in [1.165, 1.54) is 0 Å². The Morgan fingerprint density at radius 3 is 2.79 bits per heavy atom. The second-order valence-corrected chi connectivity index (χ2v) is 4.72. The Hall–Kier alpha value is -1.59. The van der Waals surface area contributed by atoms with Gasteiger partial charge in [0.2, 0.25) is 0 Å². The largest absolute Gasteiger partial charge is 0.447 e. The molecule has 2 rings (SSSR count). The molecule has 0 radical (unpaired) electrons. The lowest BCUT2D eigenvalue weighted by molar-refractivity contribution is 0.0442. The molecular formula is C14H20N2O3. The van der Waals surface area contributed by atoms with Crippen LogP contribution in [0.2, 0.25) is 0 Å². The molecule has 1 unspecified atom stereocenters. The first-order chi connectivity index (χ1) is 9.22. The van der Waals surface area contributed by atoms with Crippen LogP contribution >= 0.6 is 0 Å². The third kappa shape index (κ3) is 3.45. The van der Waals surface area contributed by atoms with Gasteiger partial charge in [-0.2, -0.15) is 0 Å². The number of likely N-dealkylation sites (N-methyl/N-ethyl adjacent to an activating group) is 1. The van der Waals surface area contributed by atoms with Gasteiger partial charge in [-0.1, -0.05) is 30.3 Å². The van der Waals surface area contributed by atoms with Crippen molar-refractivity contribution in [3.63, 3.8) is 0 Å². The number of amides is 1. The van der Waals surface area contributed by atoms with Gasteiger partial charge in [-0.25, -0.2) is 4.79 Å². The highest BCUT2D eigenvalue weighted by molar-refractivity contribution is 5.68. The van der Waals surface area contributed by atoms with Crippen molar-refractivity contribution in [2.45, 2.75) is 6.04 Å². The molecule has 1 N–H and O–H groups in total. The third-order valence-electron chi connectivity index (χ3n) is 3.32. The van der Waals surface area contributed by atoms with Crippen LogP contribution in [-0.4, -0.2) is 60.9 Å². The maximum Gasteiger partial charge on any atom is 0.410 e. The zero-order valence-electron chi connectivity index (χ0n) is 11.2. The van der Waals surface area contributed by atoms with Crippen LogP contribution in [0, 0.1) is 0 Å². The standard InChI is InChI=1S/C14H20N2O3/c1-15-7-8-16(14(18)19-10-9-17)13(11-15)12-5-3-2-4-6-12/h2-6,13,17H,7-11H2,1H3. The zero-order chi connectivity index (χ0) is 13.7. The Labute approximate surface area is 113 Å². The molecule has 1 aromatic carbocycles. The monoisotopic (exact) mass is 264 g/mol. The highest BCUT2D eigenvalue weighted by Crippen LogP contribution is 2.25. The van der Waals surface area contributed by atoms with Gasteiger partial charge >= 0.3 is 6.09 Å². The number of nitrogens with zero attached hydrogens (tertiary/aromatic N) is 2. The van der Waals surface area contributed by atoms with E-state index in [4.69, 9.17) is 9.84 Å². The zero-order valence-corrected chi connectivity index (χ0v) is 11.2. The van der Waals surface area contributed by atoms with Gasteiger partial charge in [-0.3, -0.25) is 4.90 Å². The smallest absolute Gasteiger partial charge is 0.410 e. The molecule has 0 saturated carbocycles. The summed E-state index contributed by atoms with van der Waals surface area (Å²) in [6.45, 7) is 2.16. The molecule has 1 amide bonds. The first kappa shape index (κ1) is 13.8. The van der Waals surface area contributed by atoms with E-state index >= 15 is 0 Å². The van der Waals surface area contributed by atoms with Crippen molar-refractivity contribution in [1.82, 2.24) is 9.80 Å². The van der Waals surface area contributed by atoms with E-state index in [0.29, 0.717) is 6.54 Å². The van der Waals surface area contributed by atoms with Crippen molar-refractivity contribution in [1.29, 1.82) is 0 Å². The normalized spacial score (nSPS) is 20.3. The summed E-state index contributed by atoms with van der Waals surface area (Å²) in [6, 6.07) is 9.96. The number of benzene rings is 1. The number of rotatable bonds is 3. The fourth-order valence-corrected chi connectivity index (χ4v) is 2.31. The fourth-order valence-electron chi connectivity index (χ4n) is 2.31. The van der Waals surface area contributed by atoms with Gasteiger partial charge in [0.25, 0.3) is 0 Å². The predicted molar refractivity (Wildman–Crippen MR) is 71.8 cm³/mol. The predicted octanol–water partition coefficient (Wildman–Crippen LogP) is 1.10. The molecule has 1 aliphatic rings. The summed E-state index contributed by atoms with van der Waals surface area (Å²) < 4.78 is 5.04. The summed E-state index contributed by atoms with van der Waals surface area (Å²) in [5.41, 5.74) is 1.11. The van der Waals surface area contributed by atoms with Gasteiger partial charge in [-0.15, -0.1) is 0 Å². The molecule has 0 spiro atoms. The summed E-state index contributed by atoms with van der Waals surface area (Å²) in [5, 5.41) is 8.73. The van der Waals surface area contributed by atoms with Gasteiger partial charge in [0.15, 0.2) is 0 Å². The average molecular weight is 264 g/mol. The molecule has 19 heavy (non-hydrogen) atoms. The van der Waals surface area contributed by atoms with E-state index in [1.54, 1.807) is 4.90 Å². The SMILES string of the molecule is CN1CCN(C(=O)OCCO)C(c2ccccc2)C1. The second kappa shape index (κ2) is 6.54. The summed E-state index contributed by atoms with van der Waals surface area (Å²) >= 11 is 0. The Balaban J connectivity index is 2.13. The van der Waals surface area contributed by atoms with Crippen molar-refractivity contribution < 1.29 is 14.6 Å². The lowest BCUT2D eigenvalue weighted by Gasteiger charge is -2.39. The number of ether oxygens (including phenoxy) is 1. The van der Waals surface area contributed by atoms with Crippen LogP contribution in [0.5, 0.6) is 0 Å². The van der Waals surface area contributed by atoms with Gasteiger partial charge in [0.1, 0.15) is 6.61 Å². The summed E-state index contributed by atoms with van der Waals surface area (Å²) in [4.78, 5) is 16.0. The van der Waals surface area contributed by atoms with Crippen molar-refractivity contribution in [2.24, 2.45) is 0 Å².